The van der Waals surface area contributed by atoms with E-state index >= 15 is 0 Å². The van der Waals surface area contributed by atoms with Crippen LogP contribution in [0.25, 0.3) is 0 Å². The third-order valence-corrected chi connectivity index (χ3v) is 3.95. The highest BCUT2D eigenvalue weighted by atomic mass is 79.9. The highest BCUT2D eigenvalue weighted by Crippen LogP contribution is 2.38. The van der Waals surface area contributed by atoms with Crippen LogP contribution in [0.1, 0.15) is 24.4 Å². The van der Waals surface area contributed by atoms with E-state index in [1.165, 1.54) is 0 Å². The minimum atomic E-state index is 0.119. The van der Waals surface area contributed by atoms with Gasteiger partial charge in [-0.25, -0.2) is 0 Å². The molecule has 104 valence electrons. The van der Waals surface area contributed by atoms with Crippen LogP contribution in [0, 0.1) is 0 Å². The molecule has 2 rings (SSSR count). The van der Waals surface area contributed by atoms with Crippen LogP contribution in [-0.4, -0.2) is 38.1 Å². The summed E-state index contributed by atoms with van der Waals surface area (Å²) in [5, 5.41) is 2.92. The molecule has 0 aliphatic carbocycles. The largest absolute Gasteiger partial charge is 0.496 e. The first-order valence-electron chi connectivity index (χ1n) is 6.45. The number of hydrogen-bond acceptors (Lipinski definition) is 3. The van der Waals surface area contributed by atoms with Gasteiger partial charge in [-0.2, -0.15) is 0 Å². The molecule has 1 aliphatic heterocycles. The predicted molar refractivity (Wildman–Crippen MR) is 78.3 cm³/mol. The number of benzene rings is 1. The van der Waals surface area contributed by atoms with Crippen LogP contribution in [-0.2, 0) is 4.79 Å². The van der Waals surface area contributed by atoms with Crippen molar-refractivity contribution in [2.75, 3.05) is 27.2 Å². The summed E-state index contributed by atoms with van der Waals surface area (Å²) in [4.78, 5) is 14.1. The van der Waals surface area contributed by atoms with Crippen molar-refractivity contribution in [1.29, 1.82) is 0 Å². The second-order valence-electron chi connectivity index (χ2n) is 4.66. The first kappa shape index (κ1) is 14.3. The van der Waals surface area contributed by atoms with Crippen LogP contribution >= 0.6 is 15.9 Å². The molecule has 1 aliphatic rings. The maximum absolute atomic E-state index is 12.1. The van der Waals surface area contributed by atoms with Gasteiger partial charge in [-0.1, -0.05) is 15.9 Å². The molecular formula is C14H19BrN2O2. The van der Waals surface area contributed by atoms with Crippen molar-refractivity contribution in [3.63, 3.8) is 0 Å². The van der Waals surface area contributed by atoms with E-state index in [2.05, 4.69) is 27.3 Å². The topological polar surface area (TPSA) is 41.6 Å². The maximum atomic E-state index is 12.1. The molecule has 0 saturated carbocycles. The third kappa shape index (κ3) is 3.09. The monoisotopic (exact) mass is 326 g/mol. The van der Waals surface area contributed by atoms with Crippen LogP contribution in [0.4, 0.5) is 0 Å². The van der Waals surface area contributed by atoms with Gasteiger partial charge in [0, 0.05) is 16.6 Å². The van der Waals surface area contributed by atoms with Crippen LogP contribution in [0.2, 0.25) is 0 Å². The van der Waals surface area contributed by atoms with Crippen molar-refractivity contribution >= 4 is 21.8 Å². The molecule has 1 fully saturated rings. The number of hydrogen-bond donors (Lipinski definition) is 1. The molecule has 1 N–H and O–H groups in total. The van der Waals surface area contributed by atoms with E-state index in [-0.39, 0.29) is 11.9 Å². The fraction of sp³-hybridized carbons (Fsp3) is 0.500. The molecule has 0 bridgehead atoms. The molecule has 0 aromatic heterocycles. The SMILES string of the molecule is CNCC(=O)N1CCCC1c1cc(Br)ccc1OC. The Labute approximate surface area is 122 Å². The molecule has 1 amide bonds. The first-order chi connectivity index (χ1) is 9.17. The number of nitrogens with one attached hydrogen (secondary N) is 1. The number of carbonyl (C=O) groups excluding carboxylic acids is 1. The van der Waals surface area contributed by atoms with Gasteiger partial charge in [0.15, 0.2) is 0 Å². The van der Waals surface area contributed by atoms with Gasteiger partial charge in [-0.15, -0.1) is 0 Å². The molecule has 4 nitrogen and oxygen atoms in total. The summed E-state index contributed by atoms with van der Waals surface area (Å²) in [5.74, 6) is 0.990. The number of rotatable bonds is 4. The maximum Gasteiger partial charge on any atom is 0.237 e. The zero-order valence-electron chi connectivity index (χ0n) is 11.3. The van der Waals surface area contributed by atoms with Crippen molar-refractivity contribution in [2.45, 2.75) is 18.9 Å². The van der Waals surface area contributed by atoms with E-state index in [0.717, 1.165) is 35.2 Å². The lowest BCUT2D eigenvalue weighted by molar-refractivity contribution is -0.131. The quantitative estimate of drug-likeness (QED) is 0.923. The van der Waals surface area contributed by atoms with Gasteiger partial charge in [0.1, 0.15) is 5.75 Å². The Balaban J connectivity index is 2.29. The number of ether oxygens (including phenoxy) is 1. The minimum Gasteiger partial charge on any atom is -0.496 e. The molecule has 19 heavy (non-hydrogen) atoms. The number of likely N-dealkylation sites (N-methyl/N-ethyl adjacent to an activating group) is 1. The fourth-order valence-electron chi connectivity index (χ4n) is 2.61. The summed E-state index contributed by atoms with van der Waals surface area (Å²) in [6.07, 6.45) is 2.03. The summed E-state index contributed by atoms with van der Waals surface area (Å²) in [5.41, 5.74) is 1.08. The number of likely N-dealkylation sites (tertiary alicyclic amines) is 1. The summed E-state index contributed by atoms with van der Waals surface area (Å²) < 4.78 is 6.44. The van der Waals surface area contributed by atoms with Crippen molar-refractivity contribution in [3.8, 4) is 5.75 Å². The van der Waals surface area contributed by atoms with Crippen molar-refractivity contribution in [2.24, 2.45) is 0 Å². The van der Waals surface area contributed by atoms with Crippen LogP contribution < -0.4 is 10.1 Å². The molecule has 1 atom stereocenters. The number of nitrogens with zero attached hydrogens (tertiary/aromatic N) is 1. The zero-order chi connectivity index (χ0) is 13.8. The van der Waals surface area contributed by atoms with Crippen molar-refractivity contribution in [3.05, 3.63) is 28.2 Å². The number of amides is 1. The van der Waals surface area contributed by atoms with Crippen LogP contribution in [0.5, 0.6) is 5.75 Å². The van der Waals surface area contributed by atoms with Gasteiger partial charge in [-0.05, 0) is 38.1 Å². The minimum absolute atomic E-state index is 0.119. The van der Waals surface area contributed by atoms with Gasteiger partial charge in [-0.3, -0.25) is 4.79 Å². The molecule has 1 aromatic rings. The van der Waals surface area contributed by atoms with Crippen molar-refractivity contribution in [1.82, 2.24) is 10.2 Å². The van der Waals surface area contributed by atoms with E-state index in [9.17, 15) is 4.79 Å². The standard InChI is InChI=1S/C14H19BrN2O2/c1-16-9-14(18)17-7-3-4-12(17)11-8-10(15)5-6-13(11)19-2/h5-6,8,12,16H,3-4,7,9H2,1-2H3. The fourth-order valence-corrected chi connectivity index (χ4v) is 2.99. The highest BCUT2D eigenvalue weighted by Gasteiger charge is 2.31. The number of carbonyl (C=O) groups is 1. The Morgan fingerprint density at radius 3 is 3.05 bits per heavy atom. The lowest BCUT2D eigenvalue weighted by atomic mass is 10.0. The van der Waals surface area contributed by atoms with E-state index in [0.29, 0.717) is 6.54 Å². The Morgan fingerprint density at radius 2 is 2.37 bits per heavy atom. The van der Waals surface area contributed by atoms with Crippen LogP contribution in [0.15, 0.2) is 22.7 Å². The Morgan fingerprint density at radius 1 is 1.58 bits per heavy atom. The highest BCUT2D eigenvalue weighted by molar-refractivity contribution is 9.10. The molecule has 1 unspecified atom stereocenters. The Hall–Kier alpha value is -1.07. The van der Waals surface area contributed by atoms with Gasteiger partial charge in [0.2, 0.25) is 5.91 Å². The van der Waals surface area contributed by atoms with E-state index < -0.39 is 0 Å². The first-order valence-corrected chi connectivity index (χ1v) is 7.24. The summed E-state index contributed by atoms with van der Waals surface area (Å²) in [6, 6.07) is 6.07. The average molecular weight is 327 g/mol. The molecule has 1 aromatic carbocycles. The number of halogens is 1. The molecule has 1 heterocycles. The zero-order valence-corrected chi connectivity index (χ0v) is 12.9. The molecule has 0 radical (unpaired) electrons. The molecule has 1 saturated heterocycles. The third-order valence-electron chi connectivity index (χ3n) is 3.45. The molecular weight excluding hydrogens is 308 g/mol. The molecule has 5 heteroatoms. The van der Waals surface area contributed by atoms with Crippen LogP contribution in [0.3, 0.4) is 0 Å². The second kappa shape index (κ2) is 6.39. The van der Waals surface area contributed by atoms with E-state index in [1.54, 1.807) is 14.2 Å². The normalized spacial score (nSPS) is 18.7. The van der Waals surface area contributed by atoms with E-state index in [4.69, 9.17) is 4.74 Å². The summed E-state index contributed by atoms with van der Waals surface area (Å²) in [7, 11) is 3.46. The summed E-state index contributed by atoms with van der Waals surface area (Å²) >= 11 is 3.49. The smallest absolute Gasteiger partial charge is 0.237 e. The average Bonchev–Trinajstić information content (AvgIpc) is 2.88. The van der Waals surface area contributed by atoms with E-state index in [1.807, 2.05) is 17.0 Å². The Bertz CT molecular complexity index is 465. The van der Waals surface area contributed by atoms with Gasteiger partial charge in [0.25, 0.3) is 0 Å². The summed E-state index contributed by atoms with van der Waals surface area (Å²) in [6.45, 7) is 1.20. The molecule has 0 spiro atoms. The second-order valence-corrected chi connectivity index (χ2v) is 5.58. The van der Waals surface area contributed by atoms with Gasteiger partial charge >= 0.3 is 0 Å². The lowest BCUT2D eigenvalue weighted by Crippen LogP contribution is -2.36. The van der Waals surface area contributed by atoms with Gasteiger partial charge < -0.3 is 15.0 Å². The predicted octanol–water partition coefficient (Wildman–Crippen LogP) is 2.34. The Kier molecular flexibility index (Phi) is 4.82. The van der Waals surface area contributed by atoms with Crippen molar-refractivity contribution < 1.29 is 9.53 Å². The number of methoxy groups -OCH3 is 1. The lowest BCUT2D eigenvalue weighted by Gasteiger charge is -2.26. The van der Waals surface area contributed by atoms with Gasteiger partial charge in [0.05, 0.1) is 19.7 Å².